The fourth-order valence-electron chi connectivity index (χ4n) is 1.72. The van der Waals surface area contributed by atoms with Gasteiger partial charge in [0.15, 0.2) is 0 Å². The molecule has 0 fully saturated rings. The summed E-state index contributed by atoms with van der Waals surface area (Å²) in [4.78, 5) is 11.4. The van der Waals surface area contributed by atoms with E-state index in [0.29, 0.717) is 5.56 Å². The first kappa shape index (κ1) is 12.2. The number of benzene rings is 1. The monoisotopic (exact) mass is 244 g/mol. The molecule has 0 aliphatic heterocycles. The van der Waals surface area contributed by atoms with Crippen molar-refractivity contribution in [2.45, 2.75) is 13.0 Å². The minimum atomic E-state index is -0.0792. The third kappa shape index (κ3) is 2.71. The molecule has 1 unspecified atom stereocenters. The Kier molecular flexibility index (Phi) is 3.67. The maximum absolute atomic E-state index is 11.4. The Balaban J connectivity index is 2.04. The lowest BCUT2D eigenvalue weighted by atomic mass is 10.1. The van der Waals surface area contributed by atoms with E-state index in [1.807, 2.05) is 18.2 Å². The van der Waals surface area contributed by atoms with Gasteiger partial charge < -0.3 is 15.1 Å². The zero-order chi connectivity index (χ0) is 13.0. The Labute approximate surface area is 106 Å². The van der Waals surface area contributed by atoms with Crippen LogP contribution < -0.4 is 10.6 Å². The molecule has 4 nitrogen and oxygen atoms in total. The molecule has 0 saturated carbocycles. The smallest absolute Gasteiger partial charge is 0.251 e. The van der Waals surface area contributed by atoms with Crippen LogP contribution in [0, 0.1) is 0 Å². The Morgan fingerprint density at radius 2 is 1.94 bits per heavy atom. The molecule has 1 heterocycles. The van der Waals surface area contributed by atoms with Crippen LogP contribution in [0.1, 0.15) is 28.9 Å². The predicted molar refractivity (Wildman–Crippen MR) is 70.6 cm³/mol. The highest BCUT2D eigenvalue weighted by Gasteiger charge is 2.07. The molecule has 0 aliphatic rings. The van der Waals surface area contributed by atoms with Crippen LogP contribution in [0.15, 0.2) is 47.3 Å². The highest BCUT2D eigenvalue weighted by atomic mass is 16.3. The number of rotatable bonds is 4. The quantitative estimate of drug-likeness (QED) is 0.869. The molecule has 0 radical (unpaired) electrons. The zero-order valence-electron chi connectivity index (χ0n) is 10.4. The molecule has 2 aromatic rings. The second kappa shape index (κ2) is 5.40. The normalized spacial score (nSPS) is 11.9. The number of furan rings is 1. The summed E-state index contributed by atoms with van der Waals surface area (Å²) in [6.07, 6.45) is 3.37. The van der Waals surface area contributed by atoms with Crippen LogP contribution in [0.3, 0.4) is 0 Å². The van der Waals surface area contributed by atoms with Crippen molar-refractivity contribution in [3.05, 3.63) is 54.0 Å². The highest BCUT2D eigenvalue weighted by Crippen LogP contribution is 2.19. The second-order valence-corrected chi connectivity index (χ2v) is 4.08. The van der Waals surface area contributed by atoms with Gasteiger partial charge in [0.2, 0.25) is 0 Å². The zero-order valence-corrected chi connectivity index (χ0v) is 10.4. The highest BCUT2D eigenvalue weighted by molar-refractivity contribution is 5.94. The fourth-order valence-corrected chi connectivity index (χ4v) is 1.72. The van der Waals surface area contributed by atoms with Gasteiger partial charge in [-0.1, -0.05) is 0 Å². The average Bonchev–Trinajstić information content (AvgIpc) is 2.92. The molecule has 1 aromatic heterocycles. The molecular weight excluding hydrogens is 228 g/mol. The summed E-state index contributed by atoms with van der Waals surface area (Å²) in [5.74, 6) is -0.0792. The van der Waals surface area contributed by atoms with Crippen molar-refractivity contribution < 1.29 is 9.21 Å². The van der Waals surface area contributed by atoms with Crippen LogP contribution in [-0.4, -0.2) is 13.0 Å². The van der Waals surface area contributed by atoms with Gasteiger partial charge in [-0.3, -0.25) is 4.79 Å². The maximum Gasteiger partial charge on any atom is 0.251 e. The number of nitrogens with one attached hydrogen (secondary N) is 2. The number of carbonyl (C=O) groups excluding carboxylic acids is 1. The molecule has 1 aromatic carbocycles. The summed E-state index contributed by atoms with van der Waals surface area (Å²) in [5, 5.41) is 5.93. The summed E-state index contributed by atoms with van der Waals surface area (Å²) in [6.45, 7) is 2.05. The van der Waals surface area contributed by atoms with Gasteiger partial charge in [-0.15, -0.1) is 0 Å². The van der Waals surface area contributed by atoms with Gasteiger partial charge in [-0.05, 0) is 37.3 Å². The van der Waals surface area contributed by atoms with Crippen molar-refractivity contribution in [2.24, 2.45) is 0 Å². The average molecular weight is 244 g/mol. The molecule has 1 atom stereocenters. The third-order valence-electron chi connectivity index (χ3n) is 2.80. The first-order chi connectivity index (χ1) is 8.70. The van der Waals surface area contributed by atoms with Crippen molar-refractivity contribution in [2.75, 3.05) is 12.4 Å². The molecule has 2 N–H and O–H groups in total. The maximum atomic E-state index is 11.4. The lowest BCUT2D eigenvalue weighted by molar-refractivity contribution is 0.0963. The number of amides is 1. The molecule has 0 saturated heterocycles. The topological polar surface area (TPSA) is 54.3 Å². The van der Waals surface area contributed by atoms with Gasteiger partial charge >= 0.3 is 0 Å². The number of hydrogen-bond acceptors (Lipinski definition) is 3. The molecular formula is C14H16N2O2. The minimum absolute atomic E-state index is 0.0792. The van der Waals surface area contributed by atoms with Crippen molar-refractivity contribution >= 4 is 11.6 Å². The van der Waals surface area contributed by atoms with Gasteiger partial charge in [0.25, 0.3) is 5.91 Å². The third-order valence-corrected chi connectivity index (χ3v) is 2.80. The summed E-state index contributed by atoms with van der Waals surface area (Å²) in [6, 6.07) is 9.46. The van der Waals surface area contributed by atoms with Crippen LogP contribution in [0.4, 0.5) is 5.69 Å². The van der Waals surface area contributed by atoms with E-state index in [4.69, 9.17) is 4.42 Å². The number of carbonyl (C=O) groups is 1. The first-order valence-electron chi connectivity index (χ1n) is 5.81. The Bertz CT molecular complexity index is 503. The van der Waals surface area contributed by atoms with E-state index in [1.165, 1.54) is 0 Å². The summed E-state index contributed by atoms with van der Waals surface area (Å²) < 4.78 is 5.05. The van der Waals surface area contributed by atoms with Crippen LogP contribution in [0.2, 0.25) is 0 Å². The van der Waals surface area contributed by atoms with E-state index in [9.17, 15) is 4.79 Å². The SMILES string of the molecule is CNC(=O)c1ccc(NC(C)c2ccoc2)cc1. The van der Waals surface area contributed by atoms with Crippen LogP contribution >= 0.6 is 0 Å². The number of anilines is 1. The standard InChI is InChI=1S/C14H16N2O2/c1-10(12-7-8-18-9-12)16-13-5-3-11(4-6-13)14(17)15-2/h3-10,16H,1-2H3,(H,15,17). The van der Waals surface area contributed by atoms with Gasteiger partial charge in [-0.25, -0.2) is 0 Å². The molecule has 2 rings (SSSR count). The minimum Gasteiger partial charge on any atom is -0.472 e. The summed E-state index contributed by atoms with van der Waals surface area (Å²) in [7, 11) is 1.62. The van der Waals surface area contributed by atoms with E-state index in [1.54, 1.807) is 31.7 Å². The van der Waals surface area contributed by atoms with Gasteiger partial charge in [0.05, 0.1) is 18.6 Å². The molecule has 18 heavy (non-hydrogen) atoms. The van der Waals surface area contributed by atoms with Crippen LogP contribution in [0.5, 0.6) is 0 Å². The lowest BCUT2D eigenvalue weighted by Gasteiger charge is -2.13. The van der Waals surface area contributed by atoms with Crippen molar-refractivity contribution in [1.29, 1.82) is 0 Å². The summed E-state index contributed by atoms with van der Waals surface area (Å²) in [5.41, 5.74) is 2.71. The fraction of sp³-hybridized carbons (Fsp3) is 0.214. The van der Waals surface area contributed by atoms with Crippen LogP contribution in [0.25, 0.3) is 0 Å². The molecule has 4 heteroatoms. The molecule has 1 amide bonds. The second-order valence-electron chi connectivity index (χ2n) is 4.08. The molecule has 0 spiro atoms. The van der Waals surface area contributed by atoms with E-state index in [0.717, 1.165) is 11.3 Å². The predicted octanol–water partition coefficient (Wildman–Crippen LogP) is 2.81. The molecule has 0 aliphatic carbocycles. The number of hydrogen-bond donors (Lipinski definition) is 2. The van der Waals surface area contributed by atoms with Crippen molar-refractivity contribution in [1.82, 2.24) is 5.32 Å². The van der Waals surface area contributed by atoms with Gasteiger partial charge in [-0.2, -0.15) is 0 Å². The molecule has 94 valence electrons. The Morgan fingerprint density at radius 3 is 2.50 bits per heavy atom. The van der Waals surface area contributed by atoms with E-state index >= 15 is 0 Å². The first-order valence-corrected chi connectivity index (χ1v) is 5.81. The summed E-state index contributed by atoms with van der Waals surface area (Å²) >= 11 is 0. The van der Waals surface area contributed by atoms with E-state index in [-0.39, 0.29) is 11.9 Å². The Hall–Kier alpha value is -2.23. The van der Waals surface area contributed by atoms with Crippen molar-refractivity contribution in [3.8, 4) is 0 Å². The van der Waals surface area contributed by atoms with Crippen LogP contribution in [-0.2, 0) is 0 Å². The van der Waals surface area contributed by atoms with Crippen molar-refractivity contribution in [3.63, 3.8) is 0 Å². The van der Waals surface area contributed by atoms with Gasteiger partial charge in [0, 0.05) is 23.9 Å². The lowest BCUT2D eigenvalue weighted by Crippen LogP contribution is -2.17. The van der Waals surface area contributed by atoms with Gasteiger partial charge in [0.1, 0.15) is 0 Å². The largest absolute Gasteiger partial charge is 0.472 e. The van der Waals surface area contributed by atoms with E-state index < -0.39 is 0 Å². The molecule has 0 bridgehead atoms. The Morgan fingerprint density at radius 1 is 1.22 bits per heavy atom. The van der Waals surface area contributed by atoms with E-state index in [2.05, 4.69) is 17.6 Å².